The number of carboxylic acid groups (broad SMARTS) is 1. The molecule has 10 rings (SSSR count). The molecular formula is C44H55N9O5S. The van der Waals surface area contributed by atoms with Gasteiger partial charge in [0.2, 0.25) is 0 Å². The summed E-state index contributed by atoms with van der Waals surface area (Å²) in [5.74, 6) is 0.611. The first-order valence-corrected chi connectivity index (χ1v) is 21.7. The minimum absolute atomic E-state index is 0.000923. The van der Waals surface area contributed by atoms with Gasteiger partial charge in [0.05, 0.1) is 28.6 Å². The molecule has 5 aromatic rings. The summed E-state index contributed by atoms with van der Waals surface area (Å²) >= 11 is 1.57. The van der Waals surface area contributed by atoms with Crippen molar-refractivity contribution in [2.24, 2.45) is 22.2 Å². The Bertz CT molecular complexity index is 2340. The summed E-state index contributed by atoms with van der Waals surface area (Å²) in [6.07, 6.45) is 9.95. The van der Waals surface area contributed by atoms with Crippen LogP contribution in [0.25, 0.3) is 21.3 Å². The Labute approximate surface area is 348 Å². The van der Waals surface area contributed by atoms with Crippen molar-refractivity contribution in [2.75, 3.05) is 49.7 Å². The maximum absolute atomic E-state index is 12.9. The van der Waals surface area contributed by atoms with Crippen molar-refractivity contribution in [1.82, 2.24) is 35.3 Å². The van der Waals surface area contributed by atoms with E-state index >= 15 is 0 Å². The van der Waals surface area contributed by atoms with E-state index in [0.29, 0.717) is 49.3 Å². The van der Waals surface area contributed by atoms with Crippen LogP contribution in [0.3, 0.4) is 0 Å². The fraction of sp³-hybridized carbons (Fsp3) is 0.545. The Hall–Kier alpha value is -4.54. The van der Waals surface area contributed by atoms with E-state index in [0.717, 1.165) is 89.2 Å². The second kappa shape index (κ2) is 15.2. The van der Waals surface area contributed by atoms with Gasteiger partial charge in [-0.2, -0.15) is 5.10 Å². The number of carboxylic acids is 1. The number of nitrogens with zero attached hydrogens (tertiary/aromatic N) is 7. The fourth-order valence-electron chi connectivity index (χ4n) is 12.1. The molecule has 312 valence electrons. The van der Waals surface area contributed by atoms with Gasteiger partial charge in [0.25, 0.3) is 0 Å². The predicted octanol–water partition coefficient (Wildman–Crippen LogP) is 6.81. The molecule has 0 spiro atoms. The van der Waals surface area contributed by atoms with E-state index < -0.39 is 5.97 Å². The predicted molar refractivity (Wildman–Crippen MR) is 228 cm³/mol. The molecule has 2 unspecified atom stereocenters. The summed E-state index contributed by atoms with van der Waals surface area (Å²) in [6, 6.07) is 11.8. The first-order valence-electron chi connectivity index (χ1n) is 20.9. The van der Waals surface area contributed by atoms with Gasteiger partial charge in [0.1, 0.15) is 5.82 Å². The van der Waals surface area contributed by atoms with Gasteiger partial charge in [0, 0.05) is 73.3 Å². The number of hydrogen-bond acceptors (Lipinski definition) is 13. The lowest BCUT2D eigenvalue weighted by Gasteiger charge is -2.69. The van der Waals surface area contributed by atoms with Crippen LogP contribution in [0, 0.1) is 36.0 Å². The first kappa shape index (κ1) is 39.9. The van der Waals surface area contributed by atoms with Crippen molar-refractivity contribution >= 4 is 50.1 Å². The van der Waals surface area contributed by atoms with Crippen LogP contribution >= 0.6 is 11.3 Å². The molecule has 59 heavy (non-hydrogen) atoms. The molecule has 0 amide bonds. The third-order valence-electron chi connectivity index (χ3n) is 13.4. The molecule has 1 aromatic carbocycles. The highest BCUT2D eigenvalue weighted by Gasteiger charge is 2.66. The van der Waals surface area contributed by atoms with E-state index in [-0.39, 0.29) is 46.7 Å². The topological polar surface area (TPSA) is 184 Å². The smallest absolute Gasteiger partial charge is 0.355 e. The van der Waals surface area contributed by atoms with Gasteiger partial charge in [-0.1, -0.05) is 37.3 Å². The molecule has 5 N–H and O–H groups in total. The molecule has 4 fully saturated rings. The number of aliphatic hydroxyl groups is 2. The van der Waals surface area contributed by atoms with Crippen molar-refractivity contribution in [1.29, 1.82) is 0 Å². The Morgan fingerprint density at radius 3 is 2.49 bits per heavy atom. The lowest BCUT2D eigenvalue weighted by Crippen LogP contribution is -2.64. The quantitative estimate of drug-likeness (QED) is 0.0695. The Morgan fingerprint density at radius 1 is 0.966 bits per heavy atom. The summed E-state index contributed by atoms with van der Waals surface area (Å²) in [5, 5.41) is 51.1. The second-order valence-corrected chi connectivity index (χ2v) is 19.7. The Kier molecular flexibility index (Phi) is 10.3. The van der Waals surface area contributed by atoms with Gasteiger partial charge in [-0.05, 0) is 106 Å². The number of para-hydroxylation sites is 1. The van der Waals surface area contributed by atoms with Crippen molar-refractivity contribution in [3.8, 4) is 11.1 Å². The van der Waals surface area contributed by atoms with Gasteiger partial charge >= 0.3 is 5.97 Å². The molecule has 4 aliphatic carbocycles. The van der Waals surface area contributed by atoms with E-state index in [2.05, 4.69) is 39.4 Å². The van der Waals surface area contributed by atoms with Crippen LogP contribution in [0.5, 0.6) is 0 Å². The van der Waals surface area contributed by atoms with Crippen LogP contribution in [0.4, 0.5) is 22.6 Å². The van der Waals surface area contributed by atoms with Crippen molar-refractivity contribution in [2.45, 2.75) is 91.2 Å². The van der Waals surface area contributed by atoms with Gasteiger partial charge < -0.3 is 35.6 Å². The van der Waals surface area contributed by atoms with Gasteiger partial charge in [-0.25, -0.2) is 14.8 Å². The summed E-state index contributed by atoms with van der Waals surface area (Å²) in [4.78, 5) is 24.4. The summed E-state index contributed by atoms with van der Waals surface area (Å²) < 4.78 is 10.0. The lowest BCUT2D eigenvalue weighted by atomic mass is 9.39. The number of aromatic nitrogens is 6. The number of ether oxygens (including phenoxy) is 1. The molecule has 4 atom stereocenters. The van der Waals surface area contributed by atoms with E-state index in [1.807, 2.05) is 55.1 Å². The first-order chi connectivity index (χ1) is 28.3. The van der Waals surface area contributed by atoms with Crippen molar-refractivity contribution in [3.63, 3.8) is 0 Å². The molecule has 0 radical (unpaired) electrons. The minimum atomic E-state index is -1.09. The zero-order valence-electron chi connectivity index (χ0n) is 34.4. The number of anilines is 4. The molecule has 1 aliphatic heterocycles. The minimum Gasteiger partial charge on any atom is -0.476 e. The number of aromatic carboxylic acids is 1. The van der Waals surface area contributed by atoms with Crippen LogP contribution in [-0.2, 0) is 17.7 Å². The van der Waals surface area contributed by atoms with Crippen LogP contribution in [0.15, 0.2) is 42.6 Å². The summed E-state index contributed by atoms with van der Waals surface area (Å²) in [7, 11) is 0. The van der Waals surface area contributed by atoms with E-state index in [9.17, 15) is 20.1 Å². The molecule has 5 aliphatic rings. The maximum Gasteiger partial charge on any atom is 0.355 e. The molecule has 14 nitrogen and oxygen atoms in total. The third-order valence-corrected chi connectivity index (χ3v) is 14.4. The largest absolute Gasteiger partial charge is 0.476 e. The van der Waals surface area contributed by atoms with Gasteiger partial charge in [0.15, 0.2) is 22.5 Å². The Balaban J connectivity index is 0.945. The molecular weight excluding hydrogens is 767 g/mol. The number of hydrogen-bond donors (Lipinski definition) is 5. The van der Waals surface area contributed by atoms with E-state index in [1.54, 1.807) is 17.5 Å². The summed E-state index contributed by atoms with van der Waals surface area (Å²) in [5.41, 5.74) is 5.32. The monoisotopic (exact) mass is 821 g/mol. The normalized spacial score (nSPS) is 25.9. The number of nitrogens with one attached hydrogen (secondary N) is 2. The number of aliphatic hydroxyl groups excluding tert-OH is 2. The van der Waals surface area contributed by atoms with E-state index in [1.165, 1.54) is 6.42 Å². The van der Waals surface area contributed by atoms with Gasteiger partial charge in [-0.3, -0.25) is 4.68 Å². The second-order valence-electron chi connectivity index (χ2n) is 18.7. The van der Waals surface area contributed by atoms with Crippen LogP contribution in [-0.4, -0.2) is 96.3 Å². The highest BCUT2D eigenvalue weighted by molar-refractivity contribution is 7.22. The molecule has 4 saturated carbocycles. The Morgan fingerprint density at radius 2 is 1.75 bits per heavy atom. The maximum atomic E-state index is 12.9. The van der Waals surface area contributed by atoms with Gasteiger partial charge in [-0.15, -0.1) is 10.2 Å². The van der Waals surface area contributed by atoms with Crippen molar-refractivity contribution in [3.05, 3.63) is 65.1 Å². The van der Waals surface area contributed by atoms with E-state index in [4.69, 9.17) is 19.8 Å². The number of benzene rings is 1. The zero-order chi connectivity index (χ0) is 41.2. The van der Waals surface area contributed by atoms with Crippen molar-refractivity contribution < 1.29 is 24.9 Å². The molecule has 4 bridgehead atoms. The lowest BCUT2D eigenvalue weighted by molar-refractivity contribution is -0.247. The number of rotatable bonds is 15. The number of thiazole rings is 1. The summed E-state index contributed by atoms with van der Waals surface area (Å²) in [6.45, 7) is 12.0. The highest BCUT2D eigenvalue weighted by Crippen LogP contribution is 2.72. The fourth-order valence-corrected chi connectivity index (χ4v) is 13.0. The molecule has 0 saturated heterocycles. The molecule has 5 heterocycles. The average molecular weight is 822 g/mol. The standard InChI is InChI=1S/C44H55N9O5S/c1-27-30-8-7-14-52(38(30)51-50-37(27)49-40-47-33-9-5-6-10-34(33)59-40)35-12-11-31(36(48-35)39(56)57)32-17-46-53(28(32)2)26-43-21-41(3)20-42(4,22-43)24-44(23-41,25-43)58-15-13-45-16-29(18-54)19-55/h5-6,9-12,17,29,45,54-55H,7-8,13-16,18-26H2,1-4H3,(H,56,57)(H,47,49,50)/t41-,42+,43?,44?. The number of carbonyl (C=O) groups is 1. The number of pyridine rings is 1. The molecule has 15 heteroatoms. The van der Waals surface area contributed by atoms with Crippen LogP contribution in [0.1, 0.15) is 86.1 Å². The van der Waals surface area contributed by atoms with Crippen LogP contribution in [0.2, 0.25) is 0 Å². The SMILES string of the molecule is Cc1c(Nc2nc3ccccc3s2)nnc2c1CCCN2c1ccc(-c2cnn(CC34CC5(OCCNCC(CO)CO)C[C@](C)(C3)C[C@](C)(C4)C5)c2C)c(C(=O)O)n1. The average Bonchev–Trinajstić information content (AvgIpc) is 3.77. The third kappa shape index (κ3) is 7.49. The molecule has 4 aromatic heterocycles. The zero-order valence-corrected chi connectivity index (χ0v) is 35.2. The highest BCUT2D eigenvalue weighted by atomic mass is 32.1. The van der Waals surface area contributed by atoms with Crippen LogP contribution < -0.4 is 15.5 Å². The number of fused-ring (bicyclic) bond motifs is 2.